The summed E-state index contributed by atoms with van der Waals surface area (Å²) < 4.78 is 0. The van der Waals surface area contributed by atoms with Gasteiger partial charge in [-0.3, -0.25) is 19.8 Å². The molecule has 0 saturated carbocycles. The van der Waals surface area contributed by atoms with Crippen LogP contribution in [0.2, 0.25) is 0 Å². The Morgan fingerprint density at radius 3 is 2.83 bits per heavy atom. The van der Waals surface area contributed by atoms with E-state index in [-0.39, 0.29) is 17.7 Å². The molecule has 1 aromatic heterocycles. The fourth-order valence-corrected chi connectivity index (χ4v) is 3.92. The first-order valence-electron chi connectivity index (χ1n) is 8.03. The topological polar surface area (TPSA) is 62.3 Å². The summed E-state index contributed by atoms with van der Waals surface area (Å²) in [5.41, 5.74) is 0.850. The van der Waals surface area contributed by atoms with Gasteiger partial charge in [0.15, 0.2) is 5.13 Å². The molecule has 2 amide bonds. The number of amides is 2. The monoisotopic (exact) mass is 343 g/mol. The maximum absolute atomic E-state index is 13.1. The molecular formula is C18H21N3O2S. The zero-order valence-corrected chi connectivity index (χ0v) is 14.9. The van der Waals surface area contributed by atoms with Crippen molar-refractivity contribution in [3.63, 3.8) is 0 Å². The van der Waals surface area contributed by atoms with Crippen LogP contribution in [0, 0.1) is 5.92 Å². The SMILES string of the molecule is CC(C)CC(C)(C(=O)Nc1nccs1)N1C(=O)Cc2ccccc21. The number of aromatic nitrogens is 1. The van der Waals surface area contributed by atoms with Gasteiger partial charge >= 0.3 is 0 Å². The minimum atomic E-state index is -0.955. The van der Waals surface area contributed by atoms with E-state index >= 15 is 0 Å². The van der Waals surface area contributed by atoms with Crippen molar-refractivity contribution >= 4 is 34.0 Å². The summed E-state index contributed by atoms with van der Waals surface area (Å²) in [6, 6.07) is 7.68. The van der Waals surface area contributed by atoms with E-state index in [4.69, 9.17) is 0 Å². The summed E-state index contributed by atoms with van der Waals surface area (Å²) >= 11 is 1.37. The maximum Gasteiger partial charge on any atom is 0.252 e. The van der Waals surface area contributed by atoms with Crippen LogP contribution in [-0.2, 0) is 16.0 Å². The average Bonchev–Trinajstić information content (AvgIpc) is 3.12. The Morgan fingerprint density at radius 2 is 2.17 bits per heavy atom. The van der Waals surface area contributed by atoms with E-state index in [0.29, 0.717) is 18.0 Å². The molecule has 0 radical (unpaired) electrons. The third-order valence-corrected chi connectivity index (χ3v) is 4.95. The summed E-state index contributed by atoms with van der Waals surface area (Å²) in [5.74, 6) is 0.0300. The Bertz CT molecular complexity index is 757. The lowest BCUT2D eigenvalue weighted by atomic mass is 9.87. The molecule has 1 unspecified atom stereocenters. The summed E-state index contributed by atoms with van der Waals surface area (Å²) in [7, 11) is 0. The minimum absolute atomic E-state index is 0.0337. The van der Waals surface area contributed by atoms with Gasteiger partial charge in [-0.15, -0.1) is 11.3 Å². The second kappa shape index (κ2) is 6.36. The molecule has 6 heteroatoms. The highest BCUT2D eigenvalue weighted by molar-refractivity contribution is 7.13. The molecule has 1 aliphatic heterocycles. The van der Waals surface area contributed by atoms with Crippen LogP contribution in [0.15, 0.2) is 35.8 Å². The fourth-order valence-electron chi connectivity index (χ4n) is 3.39. The van der Waals surface area contributed by atoms with Crippen molar-refractivity contribution in [3.8, 4) is 0 Å². The summed E-state index contributed by atoms with van der Waals surface area (Å²) in [6.07, 6.45) is 2.56. The molecule has 0 spiro atoms. The van der Waals surface area contributed by atoms with Gasteiger partial charge in [-0.05, 0) is 30.9 Å². The maximum atomic E-state index is 13.1. The standard InChI is InChI=1S/C18H21N3O2S/c1-12(2)11-18(3,16(23)20-17-19-8-9-24-17)21-14-7-5-4-6-13(14)10-15(21)22/h4-9,12H,10-11H2,1-3H3,(H,19,20,23). The van der Waals surface area contributed by atoms with Crippen molar-refractivity contribution in [3.05, 3.63) is 41.4 Å². The van der Waals surface area contributed by atoms with E-state index in [1.165, 1.54) is 11.3 Å². The highest BCUT2D eigenvalue weighted by atomic mass is 32.1. The van der Waals surface area contributed by atoms with E-state index in [9.17, 15) is 9.59 Å². The molecule has 0 fully saturated rings. The number of nitrogens with one attached hydrogen (secondary N) is 1. The van der Waals surface area contributed by atoms with Gasteiger partial charge in [0.05, 0.1) is 6.42 Å². The molecule has 0 aliphatic carbocycles. The number of para-hydroxylation sites is 1. The molecule has 1 N–H and O–H groups in total. The van der Waals surface area contributed by atoms with E-state index in [2.05, 4.69) is 24.1 Å². The molecule has 126 valence electrons. The number of rotatable bonds is 5. The van der Waals surface area contributed by atoms with Crippen molar-refractivity contribution in [2.24, 2.45) is 5.92 Å². The molecule has 24 heavy (non-hydrogen) atoms. The van der Waals surface area contributed by atoms with Crippen molar-refractivity contribution in [1.29, 1.82) is 0 Å². The first-order chi connectivity index (χ1) is 11.4. The van der Waals surface area contributed by atoms with Crippen LogP contribution >= 0.6 is 11.3 Å². The van der Waals surface area contributed by atoms with Crippen molar-refractivity contribution in [2.45, 2.75) is 39.2 Å². The van der Waals surface area contributed by atoms with Gasteiger partial charge < -0.3 is 0 Å². The molecular weight excluding hydrogens is 322 g/mol. The molecule has 0 saturated heterocycles. The van der Waals surface area contributed by atoms with Gasteiger partial charge in [0, 0.05) is 17.3 Å². The second-order valence-electron chi connectivity index (χ2n) is 6.70. The zero-order chi connectivity index (χ0) is 17.3. The molecule has 5 nitrogen and oxygen atoms in total. The predicted octanol–water partition coefficient (Wildman–Crippen LogP) is 3.48. The molecule has 1 aromatic carbocycles. The molecule has 1 atom stereocenters. The van der Waals surface area contributed by atoms with E-state index < -0.39 is 5.54 Å². The van der Waals surface area contributed by atoms with E-state index in [0.717, 1.165) is 11.3 Å². The zero-order valence-electron chi connectivity index (χ0n) is 14.1. The number of benzene rings is 1. The first-order valence-corrected chi connectivity index (χ1v) is 8.91. The van der Waals surface area contributed by atoms with Gasteiger partial charge in [-0.2, -0.15) is 0 Å². The van der Waals surface area contributed by atoms with Gasteiger partial charge in [-0.25, -0.2) is 4.98 Å². The van der Waals surface area contributed by atoms with Crippen LogP contribution in [0.5, 0.6) is 0 Å². The largest absolute Gasteiger partial charge is 0.300 e. The quantitative estimate of drug-likeness (QED) is 0.904. The van der Waals surface area contributed by atoms with Crippen LogP contribution in [0.25, 0.3) is 0 Å². The number of carbonyl (C=O) groups is 2. The highest BCUT2D eigenvalue weighted by Gasteiger charge is 2.46. The second-order valence-corrected chi connectivity index (χ2v) is 7.59. The van der Waals surface area contributed by atoms with Crippen LogP contribution in [0.3, 0.4) is 0 Å². The third-order valence-electron chi connectivity index (χ3n) is 4.26. The Balaban J connectivity index is 1.99. The summed E-state index contributed by atoms with van der Waals surface area (Å²) in [5, 5.41) is 5.23. The number of nitrogens with zero attached hydrogens (tertiary/aromatic N) is 2. The smallest absolute Gasteiger partial charge is 0.252 e. The number of hydrogen-bond acceptors (Lipinski definition) is 4. The molecule has 0 bridgehead atoms. The number of thiazole rings is 1. The summed E-state index contributed by atoms with van der Waals surface area (Å²) in [6.45, 7) is 5.96. The van der Waals surface area contributed by atoms with Gasteiger partial charge in [0.1, 0.15) is 5.54 Å². The third kappa shape index (κ3) is 2.94. The van der Waals surface area contributed by atoms with Crippen molar-refractivity contribution < 1.29 is 9.59 Å². The number of fused-ring (bicyclic) bond motifs is 1. The van der Waals surface area contributed by atoms with Crippen LogP contribution in [0.4, 0.5) is 10.8 Å². The highest BCUT2D eigenvalue weighted by Crippen LogP contribution is 2.38. The minimum Gasteiger partial charge on any atom is -0.300 e. The molecule has 2 aromatic rings. The van der Waals surface area contributed by atoms with E-state index in [1.807, 2.05) is 36.6 Å². The van der Waals surface area contributed by atoms with Crippen LogP contribution in [0.1, 0.15) is 32.8 Å². The average molecular weight is 343 g/mol. The Labute approximate surface area is 145 Å². The predicted molar refractivity (Wildman–Crippen MR) is 96.2 cm³/mol. The first kappa shape index (κ1) is 16.6. The van der Waals surface area contributed by atoms with Crippen molar-refractivity contribution in [2.75, 3.05) is 10.2 Å². The van der Waals surface area contributed by atoms with Gasteiger partial charge in [0.2, 0.25) is 5.91 Å². The lowest BCUT2D eigenvalue weighted by Gasteiger charge is -2.39. The molecule has 3 rings (SSSR count). The molecule has 1 aliphatic rings. The number of carbonyl (C=O) groups excluding carboxylic acids is 2. The van der Waals surface area contributed by atoms with Gasteiger partial charge in [-0.1, -0.05) is 32.0 Å². The van der Waals surface area contributed by atoms with Crippen molar-refractivity contribution in [1.82, 2.24) is 4.98 Å². The summed E-state index contributed by atoms with van der Waals surface area (Å²) in [4.78, 5) is 31.6. The van der Waals surface area contributed by atoms with Crippen LogP contribution in [-0.4, -0.2) is 22.3 Å². The van der Waals surface area contributed by atoms with E-state index in [1.54, 1.807) is 11.1 Å². The van der Waals surface area contributed by atoms with Gasteiger partial charge in [0.25, 0.3) is 5.91 Å². The molecule has 2 heterocycles. The lowest BCUT2D eigenvalue weighted by molar-refractivity contribution is -0.126. The van der Waals surface area contributed by atoms with Crippen LogP contribution < -0.4 is 10.2 Å². The Morgan fingerprint density at radius 1 is 1.42 bits per heavy atom. The number of anilines is 2. The Hall–Kier alpha value is -2.21. The normalized spacial score (nSPS) is 16.2. The number of hydrogen-bond donors (Lipinski definition) is 1. The fraction of sp³-hybridized carbons (Fsp3) is 0.389. The Kier molecular flexibility index (Phi) is 4.41. The lowest BCUT2D eigenvalue weighted by Crippen LogP contribution is -2.57.